The maximum atomic E-state index is 5.81. The molecule has 4 nitrogen and oxygen atoms in total. The molecule has 2 rings (SSSR count). The largest absolute Gasteiger partial charge is 0.358 e. The summed E-state index contributed by atoms with van der Waals surface area (Å²) >= 11 is 0. The molecule has 1 fully saturated rings. The Morgan fingerprint density at radius 2 is 2.00 bits per heavy atom. The van der Waals surface area contributed by atoms with Crippen LogP contribution < -0.4 is 10.6 Å². The van der Waals surface area contributed by atoms with Crippen LogP contribution in [0.4, 0.5) is 5.82 Å². The molecule has 20 heavy (non-hydrogen) atoms. The normalized spacial score (nSPS) is 16.1. The molecule has 0 saturated carbocycles. The van der Waals surface area contributed by atoms with Gasteiger partial charge in [-0.25, -0.2) is 4.98 Å². The standard InChI is InChI=1S/C16H28N4/c1-13(2)15-10-14(12-17)11-16(18-15)19(3)8-9-20-6-4-5-7-20/h10-11,13H,4-9,12,17H2,1-3H3. The molecule has 2 N–H and O–H groups in total. The number of aromatic nitrogens is 1. The van der Waals surface area contributed by atoms with Crippen molar-refractivity contribution in [1.29, 1.82) is 0 Å². The van der Waals surface area contributed by atoms with E-state index in [0.717, 1.165) is 24.6 Å². The van der Waals surface area contributed by atoms with Gasteiger partial charge in [0.15, 0.2) is 0 Å². The van der Waals surface area contributed by atoms with Gasteiger partial charge in [-0.3, -0.25) is 0 Å². The van der Waals surface area contributed by atoms with Crippen LogP contribution in [-0.4, -0.2) is 43.1 Å². The average molecular weight is 276 g/mol. The van der Waals surface area contributed by atoms with Crippen LogP contribution in [0.25, 0.3) is 0 Å². The Bertz CT molecular complexity index is 424. The minimum atomic E-state index is 0.437. The van der Waals surface area contributed by atoms with E-state index in [1.807, 2.05) is 0 Å². The second-order valence-electron chi connectivity index (χ2n) is 6.09. The Labute approximate surface area is 123 Å². The van der Waals surface area contributed by atoms with Crippen LogP contribution >= 0.6 is 0 Å². The number of likely N-dealkylation sites (N-methyl/N-ethyl adjacent to an activating group) is 1. The predicted octanol–water partition coefficient (Wildman–Crippen LogP) is 2.20. The molecule has 0 radical (unpaired) electrons. The zero-order chi connectivity index (χ0) is 14.5. The van der Waals surface area contributed by atoms with Crippen LogP contribution in [0.2, 0.25) is 0 Å². The topological polar surface area (TPSA) is 45.4 Å². The van der Waals surface area contributed by atoms with Gasteiger partial charge in [0.1, 0.15) is 5.82 Å². The van der Waals surface area contributed by atoms with Crippen LogP contribution in [0.1, 0.15) is 43.9 Å². The Kier molecular flexibility index (Phi) is 5.38. The molecular formula is C16H28N4. The van der Waals surface area contributed by atoms with Crippen molar-refractivity contribution in [2.75, 3.05) is 38.1 Å². The number of likely N-dealkylation sites (tertiary alicyclic amines) is 1. The molecular weight excluding hydrogens is 248 g/mol. The lowest BCUT2D eigenvalue weighted by Crippen LogP contribution is -2.32. The lowest BCUT2D eigenvalue weighted by atomic mass is 10.1. The molecule has 0 unspecified atom stereocenters. The zero-order valence-electron chi connectivity index (χ0n) is 13.1. The summed E-state index contributed by atoms with van der Waals surface area (Å²) in [5.74, 6) is 1.49. The summed E-state index contributed by atoms with van der Waals surface area (Å²) in [6.07, 6.45) is 2.70. The van der Waals surface area contributed by atoms with Gasteiger partial charge < -0.3 is 15.5 Å². The molecule has 0 aromatic carbocycles. The first-order chi connectivity index (χ1) is 9.60. The minimum absolute atomic E-state index is 0.437. The lowest BCUT2D eigenvalue weighted by Gasteiger charge is -2.23. The first kappa shape index (κ1) is 15.3. The molecule has 1 saturated heterocycles. The second-order valence-corrected chi connectivity index (χ2v) is 6.09. The molecule has 4 heteroatoms. The van der Waals surface area contributed by atoms with Crippen molar-refractivity contribution in [2.45, 2.75) is 39.2 Å². The summed E-state index contributed by atoms with van der Waals surface area (Å²) < 4.78 is 0. The number of nitrogens with two attached hydrogens (primary N) is 1. The van der Waals surface area contributed by atoms with Crippen molar-refractivity contribution in [3.05, 3.63) is 23.4 Å². The molecule has 0 atom stereocenters. The monoisotopic (exact) mass is 276 g/mol. The van der Waals surface area contributed by atoms with Crippen molar-refractivity contribution < 1.29 is 0 Å². The van der Waals surface area contributed by atoms with Gasteiger partial charge in [-0.15, -0.1) is 0 Å². The SMILES string of the molecule is CC(C)c1cc(CN)cc(N(C)CCN2CCCC2)n1. The summed E-state index contributed by atoms with van der Waals surface area (Å²) in [4.78, 5) is 9.57. The number of anilines is 1. The van der Waals surface area contributed by atoms with E-state index in [-0.39, 0.29) is 0 Å². The lowest BCUT2D eigenvalue weighted by molar-refractivity contribution is 0.346. The van der Waals surface area contributed by atoms with Gasteiger partial charge in [0.05, 0.1) is 0 Å². The number of nitrogens with zero attached hydrogens (tertiary/aromatic N) is 3. The highest BCUT2D eigenvalue weighted by atomic mass is 15.2. The molecule has 0 amide bonds. The predicted molar refractivity (Wildman–Crippen MR) is 85.2 cm³/mol. The fourth-order valence-electron chi connectivity index (χ4n) is 2.62. The summed E-state index contributed by atoms with van der Waals surface area (Å²) in [6, 6.07) is 4.25. The third-order valence-corrected chi connectivity index (χ3v) is 4.06. The summed E-state index contributed by atoms with van der Waals surface area (Å²) in [7, 11) is 2.13. The first-order valence-electron chi connectivity index (χ1n) is 7.74. The van der Waals surface area contributed by atoms with Gasteiger partial charge in [0, 0.05) is 32.4 Å². The Hall–Kier alpha value is -1.13. The van der Waals surface area contributed by atoms with Crippen molar-refractivity contribution in [3.63, 3.8) is 0 Å². The van der Waals surface area contributed by atoms with E-state index in [0.29, 0.717) is 12.5 Å². The highest BCUT2D eigenvalue weighted by Crippen LogP contribution is 2.19. The molecule has 1 aliphatic rings. The zero-order valence-corrected chi connectivity index (χ0v) is 13.1. The van der Waals surface area contributed by atoms with Crippen LogP contribution in [0.3, 0.4) is 0 Å². The van der Waals surface area contributed by atoms with Gasteiger partial charge in [-0.1, -0.05) is 13.8 Å². The average Bonchev–Trinajstić information content (AvgIpc) is 2.97. The Balaban J connectivity index is 2.03. The van der Waals surface area contributed by atoms with Gasteiger partial charge in [0.25, 0.3) is 0 Å². The minimum Gasteiger partial charge on any atom is -0.358 e. The van der Waals surface area contributed by atoms with E-state index < -0.39 is 0 Å². The molecule has 112 valence electrons. The maximum absolute atomic E-state index is 5.81. The summed E-state index contributed by atoms with van der Waals surface area (Å²) in [5.41, 5.74) is 8.11. The van der Waals surface area contributed by atoms with E-state index in [9.17, 15) is 0 Å². The second kappa shape index (κ2) is 7.04. The Morgan fingerprint density at radius 3 is 2.60 bits per heavy atom. The van der Waals surface area contributed by atoms with E-state index in [2.05, 4.69) is 42.8 Å². The Morgan fingerprint density at radius 1 is 1.30 bits per heavy atom. The summed E-state index contributed by atoms with van der Waals surface area (Å²) in [6.45, 7) is 9.59. The van der Waals surface area contributed by atoms with Gasteiger partial charge in [0.2, 0.25) is 0 Å². The van der Waals surface area contributed by atoms with E-state index in [1.165, 1.54) is 31.5 Å². The molecule has 2 heterocycles. The van der Waals surface area contributed by atoms with E-state index in [4.69, 9.17) is 10.7 Å². The van der Waals surface area contributed by atoms with Crippen LogP contribution in [0, 0.1) is 0 Å². The van der Waals surface area contributed by atoms with Gasteiger partial charge in [-0.2, -0.15) is 0 Å². The van der Waals surface area contributed by atoms with Crippen molar-refractivity contribution >= 4 is 5.82 Å². The summed E-state index contributed by atoms with van der Waals surface area (Å²) in [5, 5.41) is 0. The maximum Gasteiger partial charge on any atom is 0.128 e. The third kappa shape index (κ3) is 3.93. The van der Waals surface area contributed by atoms with Gasteiger partial charge >= 0.3 is 0 Å². The molecule has 1 aliphatic heterocycles. The quantitative estimate of drug-likeness (QED) is 0.865. The fourth-order valence-corrected chi connectivity index (χ4v) is 2.62. The van der Waals surface area contributed by atoms with Crippen LogP contribution in [-0.2, 0) is 6.54 Å². The molecule has 1 aromatic heterocycles. The van der Waals surface area contributed by atoms with Crippen molar-refractivity contribution in [2.24, 2.45) is 5.73 Å². The number of rotatable bonds is 6. The number of hydrogen-bond donors (Lipinski definition) is 1. The van der Waals surface area contributed by atoms with Crippen molar-refractivity contribution in [3.8, 4) is 0 Å². The number of hydrogen-bond acceptors (Lipinski definition) is 4. The molecule has 0 bridgehead atoms. The third-order valence-electron chi connectivity index (χ3n) is 4.06. The molecule has 0 spiro atoms. The molecule has 0 aliphatic carbocycles. The fraction of sp³-hybridized carbons (Fsp3) is 0.688. The number of pyridine rings is 1. The van der Waals surface area contributed by atoms with E-state index in [1.54, 1.807) is 0 Å². The highest BCUT2D eigenvalue weighted by molar-refractivity contribution is 5.42. The van der Waals surface area contributed by atoms with E-state index >= 15 is 0 Å². The highest BCUT2D eigenvalue weighted by Gasteiger charge is 2.13. The molecule has 1 aromatic rings. The van der Waals surface area contributed by atoms with Gasteiger partial charge in [-0.05, 0) is 49.5 Å². The van der Waals surface area contributed by atoms with Crippen molar-refractivity contribution in [1.82, 2.24) is 9.88 Å². The smallest absolute Gasteiger partial charge is 0.128 e. The first-order valence-corrected chi connectivity index (χ1v) is 7.74. The van der Waals surface area contributed by atoms with Crippen LogP contribution in [0.15, 0.2) is 12.1 Å². The van der Waals surface area contributed by atoms with Crippen LogP contribution in [0.5, 0.6) is 0 Å².